The summed E-state index contributed by atoms with van der Waals surface area (Å²) in [5.41, 5.74) is 1.81. The van der Waals surface area contributed by atoms with E-state index in [1.807, 2.05) is 30.3 Å². The minimum Gasteiger partial charge on any atom is -0.469 e. The number of carbonyl (C=O) groups excluding carboxylic acids is 2. The molecule has 1 fully saturated rings. The zero-order valence-corrected chi connectivity index (χ0v) is 15.0. The van der Waals surface area contributed by atoms with Crippen LogP contribution in [-0.4, -0.2) is 46.8 Å². The molecule has 0 N–H and O–H groups in total. The number of hydrogen-bond acceptors (Lipinski definition) is 4. The van der Waals surface area contributed by atoms with Crippen molar-refractivity contribution in [1.29, 1.82) is 0 Å². The number of piperidine rings is 1. The molecule has 1 aliphatic rings. The van der Waals surface area contributed by atoms with Crippen LogP contribution in [0.3, 0.4) is 0 Å². The molecule has 0 atom stereocenters. The van der Waals surface area contributed by atoms with Gasteiger partial charge in [0.15, 0.2) is 0 Å². The van der Waals surface area contributed by atoms with Crippen LogP contribution in [0.5, 0.6) is 0 Å². The summed E-state index contributed by atoms with van der Waals surface area (Å²) in [5, 5.41) is 4.72. The summed E-state index contributed by atoms with van der Waals surface area (Å²) >= 11 is 6.46. The van der Waals surface area contributed by atoms with Gasteiger partial charge in [-0.1, -0.05) is 29.8 Å². The number of esters is 1. The second-order valence-corrected chi connectivity index (χ2v) is 6.45. The van der Waals surface area contributed by atoms with E-state index in [-0.39, 0.29) is 17.8 Å². The normalized spacial score (nSPS) is 15.2. The molecule has 2 heterocycles. The lowest BCUT2D eigenvalue weighted by Crippen LogP contribution is -2.40. The van der Waals surface area contributed by atoms with E-state index in [4.69, 9.17) is 16.3 Å². The number of aromatic nitrogens is 2. The summed E-state index contributed by atoms with van der Waals surface area (Å²) in [7, 11) is 1.39. The summed E-state index contributed by atoms with van der Waals surface area (Å²) in [6.07, 6.45) is 1.20. The molecule has 2 aromatic rings. The van der Waals surface area contributed by atoms with E-state index >= 15 is 0 Å². The van der Waals surface area contributed by atoms with Crippen LogP contribution in [0.4, 0.5) is 0 Å². The molecule has 3 rings (SSSR count). The van der Waals surface area contributed by atoms with E-state index in [0.717, 1.165) is 5.69 Å². The van der Waals surface area contributed by atoms with E-state index < -0.39 is 0 Å². The van der Waals surface area contributed by atoms with Crippen LogP contribution in [-0.2, 0) is 9.53 Å². The van der Waals surface area contributed by atoms with Gasteiger partial charge in [0.2, 0.25) is 0 Å². The van der Waals surface area contributed by atoms with Gasteiger partial charge in [-0.2, -0.15) is 5.10 Å². The number of para-hydroxylation sites is 1. The number of aryl methyl sites for hydroxylation is 1. The highest BCUT2D eigenvalue weighted by atomic mass is 35.5. The van der Waals surface area contributed by atoms with Gasteiger partial charge in [0.25, 0.3) is 5.91 Å². The lowest BCUT2D eigenvalue weighted by molar-refractivity contribution is -0.146. The summed E-state index contributed by atoms with van der Waals surface area (Å²) in [6.45, 7) is 2.79. The largest absolute Gasteiger partial charge is 0.469 e. The molecule has 1 amide bonds. The first-order chi connectivity index (χ1) is 12.0. The molecule has 0 spiro atoms. The highest BCUT2D eigenvalue weighted by molar-refractivity contribution is 6.33. The van der Waals surface area contributed by atoms with Crippen LogP contribution in [0.2, 0.25) is 5.15 Å². The van der Waals surface area contributed by atoms with Crippen LogP contribution in [0, 0.1) is 12.8 Å². The summed E-state index contributed by atoms with van der Waals surface area (Å²) in [6, 6.07) is 9.46. The highest BCUT2D eigenvalue weighted by Crippen LogP contribution is 2.27. The van der Waals surface area contributed by atoms with E-state index in [1.165, 1.54) is 7.11 Å². The van der Waals surface area contributed by atoms with Gasteiger partial charge in [-0.3, -0.25) is 9.59 Å². The molecule has 1 saturated heterocycles. The molecule has 1 aliphatic heterocycles. The van der Waals surface area contributed by atoms with Gasteiger partial charge in [-0.15, -0.1) is 0 Å². The summed E-state index contributed by atoms with van der Waals surface area (Å²) in [5.74, 6) is -0.496. The Hall–Kier alpha value is -2.34. The van der Waals surface area contributed by atoms with Gasteiger partial charge in [-0.05, 0) is 31.9 Å². The van der Waals surface area contributed by atoms with Crippen molar-refractivity contribution >= 4 is 23.5 Å². The fourth-order valence-corrected chi connectivity index (χ4v) is 3.48. The Labute approximate surface area is 151 Å². The Morgan fingerprint density at radius 1 is 1.20 bits per heavy atom. The third-order valence-electron chi connectivity index (χ3n) is 4.54. The lowest BCUT2D eigenvalue weighted by atomic mass is 9.96. The molecular formula is C18H20ClN3O3. The number of carbonyl (C=O) groups is 2. The Morgan fingerprint density at radius 2 is 1.84 bits per heavy atom. The Balaban J connectivity index is 1.80. The average molecular weight is 362 g/mol. The summed E-state index contributed by atoms with van der Waals surface area (Å²) in [4.78, 5) is 26.3. The maximum atomic E-state index is 12.9. The third-order valence-corrected chi connectivity index (χ3v) is 4.88. The summed E-state index contributed by atoms with van der Waals surface area (Å²) < 4.78 is 6.36. The second-order valence-electron chi connectivity index (χ2n) is 6.09. The number of benzene rings is 1. The second kappa shape index (κ2) is 7.27. The maximum absolute atomic E-state index is 12.9. The standard InChI is InChI=1S/C18H20ClN3O3/c1-12-15(16(19)22(20-12)14-6-4-3-5-7-14)17(23)21-10-8-13(9-11-21)18(24)25-2/h3-7,13H,8-11H2,1-2H3. The van der Waals surface area contributed by atoms with Crippen LogP contribution in [0.25, 0.3) is 5.69 Å². The van der Waals surface area contributed by atoms with Crippen molar-refractivity contribution in [3.63, 3.8) is 0 Å². The Morgan fingerprint density at radius 3 is 2.44 bits per heavy atom. The third kappa shape index (κ3) is 3.39. The van der Waals surface area contributed by atoms with E-state index in [0.29, 0.717) is 42.3 Å². The zero-order chi connectivity index (χ0) is 18.0. The van der Waals surface area contributed by atoms with Crippen LogP contribution < -0.4 is 0 Å². The molecule has 0 bridgehead atoms. The average Bonchev–Trinajstić information content (AvgIpc) is 2.95. The molecule has 25 heavy (non-hydrogen) atoms. The smallest absolute Gasteiger partial charge is 0.308 e. The van der Waals surface area contributed by atoms with E-state index in [9.17, 15) is 9.59 Å². The van der Waals surface area contributed by atoms with E-state index in [1.54, 1.807) is 16.5 Å². The molecule has 132 valence electrons. The zero-order valence-electron chi connectivity index (χ0n) is 14.2. The first-order valence-corrected chi connectivity index (χ1v) is 8.58. The SMILES string of the molecule is COC(=O)C1CCN(C(=O)c2c(C)nn(-c3ccccc3)c2Cl)CC1. The lowest BCUT2D eigenvalue weighted by Gasteiger charge is -2.30. The number of halogens is 1. The minimum absolute atomic E-state index is 0.141. The van der Waals surface area contributed by atoms with Crippen molar-refractivity contribution < 1.29 is 14.3 Å². The number of amides is 1. The predicted octanol–water partition coefficient (Wildman–Crippen LogP) is 2.86. The van der Waals surface area contributed by atoms with Gasteiger partial charge >= 0.3 is 5.97 Å². The van der Waals surface area contributed by atoms with Gasteiger partial charge in [0, 0.05) is 13.1 Å². The molecule has 1 aromatic carbocycles. The van der Waals surface area contributed by atoms with Gasteiger partial charge in [-0.25, -0.2) is 4.68 Å². The van der Waals surface area contributed by atoms with E-state index in [2.05, 4.69) is 5.10 Å². The molecular weight excluding hydrogens is 342 g/mol. The fourth-order valence-electron chi connectivity index (χ4n) is 3.13. The quantitative estimate of drug-likeness (QED) is 0.788. The minimum atomic E-state index is -0.210. The van der Waals surface area contributed by atoms with Crippen LogP contribution >= 0.6 is 11.6 Å². The molecule has 0 aliphatic carbocycles. The maximum Gasteiger partial charge on any atom is 0.308 e. The Kier molecular flexibility index (Phi) is 5.08. The van der Waals surface area contributed by atoms with Crippen molar-refractivity contribution in [3.05, 3.63) is 46.7 Å². The van der Waals surface area contributed by atoms with Gasteiger partial charge in [0.1, 0.15) is 5.15 Å². The number of rotatable bonds is 3. The van der Waals surface area contributed by atoms with Gasteiger partial charge < -0.3 is 9.64 Å². The molecule has 1 aromatic heterocycles. The monoisotopic (exact) mass is 361 g/mol. The van der Waals surface area contributed by atoms with Crippen molar-refractivity contribution in [1.82, 2.24) is 14.7 Å². The fraction of sp³-hybridized carbons (Fsp3) is 0.389. The predicted molar refractivity (Wildman–Crippen MR) is 94.0 cm³/mol. The van der Waals surface area contributed by atoms with Gasteiger partial charge in [0.05, 0.1) is 30.0 Å². The first kappa shape index (κ1) is 17.5. The first-order valence-electron chi connectivity index (χ1n) is 8.20. The van der Waals surface area contributed by atoms with Crippen molar-refractivity contribution in [2.24, 2.45) is 5.92 Å². The molecule has 0 radical (unpaired) electrons. The number of likely N-dealkylation sites (tertiary alicyclic amines) is 1. The number of hydrogen-bond donors (Lipinski definition) is 0. The molecule has 0 saturated carbocycles. The highest BCUT2D eigenvalue weighted by Gasteiger charge is 2.31. The topological polar surface area (TPSA) is 64.4 Å². The molecule has 6 nitrogen and oxygen atoms in total. The number of ether oxygens (including phenoxy) is 1. The molecule has 0 unspecified atom stereocenters. The molecule has 7 heteroatoms. The van der Waals surface area contributed by atoms with Crippen molar-refractivity contribution in [2.45, 2.75) is 19.8 Å². The van der Waals surface area contributed by atoms with Crippen LogP contribution in [0.1, 0.15) is 28.9 Å². The Bertz CT molecular complexity index is 780. The van der Waals surface area contributed by atoms with Crippen LogP contribution in [0.15, 0.2) is 30.3 Å². The van der Waals surface area contributed by atoms with Crippen molar-refractivity contribution in [2.75, 3.05) is 20.2 Å². The van der Waals surface area contributed by atoms with Crippen molar-refractivity contribution in [3.8, 4) is 5.69 Å². The number of nitrogens with zero attached hydrogens (tertiary/aromatic N) is 3. The number of methoxy groups -OCH3 is 1.